The van der Waals surface area contributed by atoms with E-state index in [4.69, 9.17) is 4.55 Å². The fourth-order valence-electron chi connectivity index (χ4n) is 2.14. The van der Waals surface area contributed by atoms with Gasteiger partial charge in [0.1, 0.15) is 0 Å². The molecule has 5 nitrogen and oxygen atoms in total. The van der Waals surface area contributed by atoms with E-state index < -0.39 is 39.3 Å². The highest BCUT2D eigenvalue weighted by Crippen LogP contribution is 2.37. The summed E-state index contributed by atoms with van der Waals surface area (Å²) in [4.78, 5) is 0. The first-order chi connectivity index (χ1) is 10.3. The van der Waals surface area contributed by atoms with E-state index in [0.29, 0.717) is 0 Å². The number of hydrogen-bond donors (Lipinski definition) is 3. The van der Waals surface area contributed by atoms with Crippen LogP contribution in [0.25, 0.3) is 0 Å². The van der Waals surface area contributed by atoms with Gasteiger partial charge in [-0.2, -0.15) is 21.6 Å². The Morgan fingerprint density at radius 1 is 1.22 bits per heavy atom. The van der Waals surface area contributed by atoms with Gasteiger partial charge in [-0.05, 0) is 38.4 Å². The van der Waals surface area contributed by atoms with Crippen molar-refractivity contribution < 1.29 is 31.2 Å². The van der Waals surface area contributed by atoms with Gasteiger partial charge in [-0.1, -0.05) is 18.2 Å². The van der Waals surface area contributed by atoms with E-state index in [-0.39, 0.29) is 18.5 Å². The van der Waals surface area contributed by atoms with E-state index in [9.17, 15) is 26.7 Å². The number of hydrogen-bond acceptors (Lipinski definition) is 4. The Morgan fingerprint density at radius 3 is 2.30 bits per heavy atom. The highest BCUT2D eigenvalue weighted by Gasteiger charge is 2.38. The van der Waals surface area contributed by atoms with E-state index in [1.54, 1.807) is 0 Å². The third kappa shape index (κ3) is 6.09. The van der Waals surface area contributed by atoms with Crippen molar-refractivity contribution in [1.82, 2.24) is 5.32 Å². The lowest BCUT2D eigenvalue weighted by molar-refractivity contribution is -0.139. The van der Waals surface area contributed by atoms with Gasteiger partial charge in [-0.3, -0.25) is 4.55 Å². The minimum Gasteiger partial charge on any atom is -0.386 e. The van der Waals surface area contributed by atoms with E-state index in [1.807, 2.05) is 0 Å². The Labute approximate surface area is 133 Å². The Hall–Kier alpha value is -1.16. The maximum atomic E-state index is 13.0. The lowest BCUT2D eigenvalue weighted by Crippen LogP contribution is -2.46. The van der Waals surface area contributed by atoms with Crippen molar-refractivity contribution in [3.05, 3.63) is 35.4 Å². The van der Waals surface area contributed by atoms with Gasteiger partial charge in [0, 0.05) is 5.54 Å². The van der Waals surface area contributed by atoms with E-state index >= 15 is 0 Å². The SMILES string of the molecule is CC(C)(NCCCS(=O)(=O)O)C(O)c1ccccc1C(F)(F)F. The molecule has 0 aliphatic heterocycles. The summed E-state index contributed by atoms with van der Waals surface area (Å²) in [5.74, 6) is -0.467. The molecule has 1 aromatic rings. The van der Waals surface area contributed by atoms with E-state index in [2.05, 4.69) is 5.32 Å². The predicted octanol–water partition coefficient (Wildman–Crippen LogP) is 2.38. The average molecular weight is 355 g/mol. The Balaban J connectivity index is 2.85. The molecule has 0 saturated carbocycles. The van der Waals surface area contributed by atoms with Crippen LogP contribution in [0.4, 0.5) is 13.2 Å². The smallest absolute Gasteiger partial charge is 0.386 e. The normalized spacial score (nSPS) is 14.7. The highest BCUT2D eigenvalue weighted by molar-refractivity contribution is 7.85. The first-order valence-electron chi connectivity index (χ1n) is 6.89. The van der Waals surface area contributed by atoms with Gasteiger partial charge in [-0.15, -0.1) is 0 Å². The summed E-state index contributed by atoms with van der Waals surface area (Å²) in [6, 6.07) is 4.75. The molecule has 132 valence electrons. The summed E-state index contributed by atoms with van der Waals surface area (Å²) in [7, 11) is -4.09. The van der Waals surface area contributed by atoms with Crippen LogP contribution in [0, 0.1) is 0 Å². The summed E-state index contributed by atoms with van der Waals surface area (Å²) in [5.41, 5.74) is -2.30. The van der Waals surface area contributed by atoms with Gasteiger partial charge < -0.3 is 10.4 Å². The monoisotopic (exact) mass is 355 g/mol. The van der Waals surface area contributed by atoms with Crippen LogP contribution in [0.5, 0.6) is 0 Å². The molecule has 0 saturated heterocycles. The van der Waals surface area contributed by atoms with Gasteiger partial charge in [0.2, 0.25) is 0 Å². The van der Waals surface area contributed by atoms with Crippen molar-refractivity contribution >= 4 is 10.1 Å². The van der Waals surface area contributed by atoms with Crippen LogP contribution in [-0.4, -0.2) is 35.9 Å². The number of nitrogens with one attached hydrogen (secondary N) is 1. The second-order valence-corrected chi connectivity index (χ2v) is 7.35. The molecule has 0 bridgehead atoms. The number of aliphatic hydroxyl groups is 1. The van der Waals surface area contributed by atoms with Crippen molar-refractivity contribution in [3.63, 3.8) is 0 Å². The molecule has 0 radical (unpaired) electrons. The van der Waals surface area contributed by atoms with Gasteiger partial charge in [-0.25, -0.2) is 0 Å². The Kier molecular flexibility index (Phi) is 6.19. The molecule has 0 amide bonds. The number of alkyl halides is 3. The molecule has 0 aliphatic carbocycles. The zero-order valence-electron chi connectivity index (χ0n) is 12.8. The summed E-state index contributed by atoms with van der Waals surface area (Å²) >= 11 is 0. The van der Waals surface area contributed by atoms with Gasteiger partial charge in [0.05, 0.1) is 17.4 Å². The minimum atomic E-state index is -4.58. The van der Waals surface area contributed by atoms with Crippen LogP contribution in [0.2, 0.25) is 0 Å². The lowest BCUT2D eigenvalue weighted by Gasteiger charge is -2.33. The van der Waals surface area contributed by atoms with E-state index in [1.165, 1.54) is 32.0 Å². The largest absolute Gasteiger partial charge is 0.416 e. The standard InChI is InChI=1S/C14H20F3NO4S/c1-13(2,18-8-5-9-23(20,21)22)12(19)10-6-3-4-7-11(10)14(15,16)17/h3-4,6-7,12,18-19H,5,8-9H2,1-2H3,(H,20,21,22). The zero-order chi connectivity index (χ0) is 17.9. The maximum absolute atomic E-state index is 13.0. The number of rotatable bonds is 7. The predicted molar refractivity (Wildman–Crippen MR) is 79.5 cm³/mol. The molecule has 0 fully saturated rings. The van der Waals surface area contributed by atoms with Crippen LogP contribution in [0.1, 0.15) is 37.5 Å². The fourth-order valence-corrected chi connectivity index (χ4v) is 2.65. The molecule has 0 spiro atoms. The quantitative estimate of drug-likeness (QED) is 0.516. The second-order valence-electron chi connectivity index (χ2n) is 5.78. The number of benzene rings is 1. The van der Waals surface area contributed by atoms with Crippen LogP contribution in [0.15, 0.2) is 24.3 Å². The fraction of sp³-hybridized carbons (Fsp3) is 0.571. The first-order valence-corrected chi connectivity index (χ1v) is 8.50. The number of halogens is 3. The summed E-state index contributed by atoms with van der Waals surface area (Å²) in [6.45, 7) is 3.13. The molecule has 0 heterocycles. The third-order valence-electron chi connectivity index (χ3n) is 3.40. The van der Waals surface area contributed by atoms with Crippen LogP contribution < -0.4 is 5.32 Å². The molecule has 1 aromatic carbocycles. The molecule has 23 heavy (non-hydrogen) atoms. The van der Waals surface area contributed by atoms with Crippen molar-refractivity contribution in [2.75, 3.05) is 12.3 Å². The molecule has 0 aromatic heterocycles. The topological polar surface area (TPSA) is 86.6 Å². The summed E-state index contributed by atoms with van der Waals surface area (Å²) < 4.78 is 68.9. The van der Waals surface area contributed by atoms with E-state index in [0.717, 1.165) is 6.07 Å². The highest BCUT2D eigenvalue weighted by atomic mass is 32.2. The Bertz CT molecular complexity index is 629. The molecule has 9 heteroatoms. The van der Waals surface area contributed by atoms with Crippen molar-refractivity contribution in [3.8, 4) is 0 Å². The van der Waals surface area contributed by atoms with Crippen molar-refractivity contribution in [1.29, 1.82) is 0 Å². The first kappa shape index (κ1) is 19.9. The summed E-state index contributed by atoms with van der Waals surface area (Å²) in [5, 5.41) is 13.1. The lowest BCUT2D eigenvalue weighted by atomic mass is 9.88. The van der Waals surface area contributed by atoms with Gasteiger partial charge in [0.25, 0.3) is 10.1 Å². The molecule has 1 rings (SSSR count). The molecule has 3 N–H and O–H groups in total. The molecule has 1 atom stereocenters. The van der Waals surface area contributed by atoms with Crippen LogP contribution >= 0.6 is 0 Å². The van der Waals surface area contributed by atoms with Gasteiger partial charge >= 0.3 is 6.18 Å². The third-order valence-corrected chi connectivity index (χ3v) is 4.21. The average Bonchev–Trinajstić information content (AvgIpc) is 2.41. The zero-order valence-corrected chi connectivity index (χ0v) is 13.6. The Morgan fingerprint density at radius 2 is 1.78 bits per heavy atom. The maximum Gasteiger partial charge on any atom is 0.416 e. The van der Waals surface area contributed by atoms with Crippen LogP contribution in [0.3, 0.4) is 0 Å². The molecular formula is C14H20F3NO4S. The second kappa shape index (κ2) is 7.16. The summed E-state index contributed by atoms with van der Waals surface area (Å²) in [6.07, 6.45) is -5.97. The van der Waals surface area contributed by atoms with Crippen LogP contribution in [-0.2, 0) is 16.3 Å². The number of aliphatic hydroxyl groups excluding tert-OH is 1. The molecule has 0 aliphatic rings. The van der Waals surface area contributed by atoms with Crippen molar-refractivity contribution in [2.45, 2.75) is 38.1 Å². The van der Waals surface area contributed by atoms with Crippen molar-refractivity contribution in [2.24, 2.45) is 0 Å². The minimum absolute atomic E-state index is 0.0654. The molecular weight excluding hydrogens is 335 g/mol. The van der Waals surface area contributed by atoms with Gasteiger partial charge in [0.15, 0.2) is 0 Å². The molecule has 1 unspecified atom stereocenters.